The van der Waals surface area contributed by atoms with E-state index in [0.29, 0.717) is 12.6 Å². The molecule has 2 atom stereocenters. The molecular formula is C23H23N3O2. The fourth-order valence-corrected chi connectivity index (χ4v) is 3.76. The Bertz CT molecular complexity index is 997. The molecule has 0 bridgehead atoms. The second-order valence-electron chi connectivity index (χ2n) is 7.29. The first kappa shape index (κ1) is 17.2. The second-order valence-corrected chi connectivity index (χ2v) is 7.29. The molecule has 2 N–H and O–H groups in total. The molecule has 0 aliphatic carbocycles. The van der Waals surface area contributed by atoms with Gasteiger partial charge >= 0.3 is 0 Å². The third-order valence-corrected chi connectivity index (χ3v) is 5.31. The predicted octanol–water partition coefficient (Wildman–Crippen LogP) is 3.78. The van der Waals surface area contributed by atoms with Gasteiger partial charge in [-0.15, -0.1) is 0 Å². The molecule has 1 saturated heterocycles. The number of fused-ring (bicyclic) bond motifs is 1. The van der Waals surface area contributed by atoms with Gasteiger partial charge in [0.05, 0.1) is 6.04 Å². The van der Waals surface area contributed by atoms with E-state index in [1.165, 1.54) is 6.42 Å². The Hall–Kier alpha value is -2.89. The molecule has 5 rings (SSSR count). The monoisotopic (exact) mass is 373 g/mol. The summed E-state index contributed by atoms with van der Waals surface area (Å²) in [6.07, 6.45) is 2.13. The lowest BCUT2D eigenvalue weighted by molar-refractivity contribution is 0.0185. The van der Waals surface area contributed by atoms with Crippen molar-refractivity contribution in [3.63, 3.8) is 0 Å². The van der Waals surface area contributed by atoms with Crippen LogP contribution in [-0.4, -0.2) is 24.7 Å². The van der Waals surface area contributed by atoms with Crippen LogP contribution in [0.5, 0.6) is 5.75 Å². The van der Waals surface area contributed by atoms with Crippen molar-refractivity contribution >= 4 is 16.6 Å². The Labute approximate surface area is 164 Å². The lowest BCUT2D eigenvalue weighted by Gasteiger charge is -2.13. The average molecular weight is 373 g/mol. The van der Waals surface area contributed by atoms with E-state index in [-0.39, 0.29) is 6.23 Å². The molecule has 0 spiro atoms. The van der Waals surface area contributed by atoms with Crippen LogP contribution in [-0.2, 0) is 11.4 Å². The zero-order valence-corrected chi connectivity index (χ0v) is 15.6. The average Bonchev–Trinajstić information content (AvgIpc) is 3.44. The third kappa shape index (κ3) is 3.59. The summed E-state index contributed by atoms with van der Waals surface area (Å²) in [6, 6.07) is 23.0. The zero-order chi connectivity index (χ0) is 18.8. The molecule has 0 amide bonds. The number of nitrogens with one attached hydrogen (secondary N) is 2. The highest BCUT2D eigenvalue weighted by atomic mass is 16.7. The predicted molar refractivity (Wildman–Crippen MR) is 110 cm³/mol. The quantitative estimate of drug-likeness (QED) is 0.715. The van der Waals surface area contributed by atoms with Gasteiger partial charge in [0.1, 0.15) is 12.4 Å². The fourth-order valence-electron chi connectivity index (χ4n) is 3.76. The van der Waals surface area contributed by atoms with Gasteiger partial charge < -0.3 is 10.1 Å². The van der Waals surface area contributed by atoms with E-state index in [9.17, 15) is 0 Å². The second kappa shape index (κ2) is 7.62. The first-order valence-electron chi connectivity index (χ1n) is 9.79. The van der Waals surface area contributed by atoms with Gasteiger partial charge in [0.15, 0.2) is 12.1 Å². The molecule has 0 aromatic heterocycles. The molecule has 0 radical (unpaired) electrons. The van der Waals surface area contributed by atoms with Gasteiger partial charge in [-0.3, -0.25) is 0 Å². The minimum absolute atomic E-state index is 0.151. The van der Waals surface area contributed by atoms with E-state index in [2.05, 4.69) is 53.3 Å². The van der Waals surface area contributed by atoms with Crippen molar-refractivity contribution in [3.05, 3.63) is 77.9 Å². The van der Waals surface area contributed by atoms with Crippen molar-refractivity contribution in [2.24, 2.45) is 4.99 Å². The van der Waals surface area contributed by atoms with Gasteiger partial charge in [-0.2, -0.15) is 0 Å². The maximum Gasteiger partial charge on any atom is 0.192 e. The molecule has 2 aliphatic rings. The van der Waals surface area contributed by atoms with E-state index in [1.807, 2.05) is 24.3 Å². The Balaban J connectivity index is 1.32. The van der Waals surface area contributed by atoms with Gasteiger partial charge in [0, 0.05) is 5.56 Å². The van der Waals surface area contributed by atoms with Crippen molar-refractivity contribution in [1.82, 2.24) is 10.8 Å². The van der Waals surface area contributed by atoms with Crippen molar-refractivity contribution in [2.75, 3.05) is 6.54 Å². The fraction of sp³-hybridized carbons (Fsp3) is 0.261. The summed E-state index contributed by atoms with van der Waals surface area (Å²) in [7, 11) is 0. The number of aliphatic imine (C=N–C) groups is 1. The number of hydrogen-bond donors (Lipinski definition) is 2. The van der Waals surface area contributed by atoms with Crippen LogP contribution in [0.4, 0.5) is 0 Å². The van der Waals surface area contributed by atoms with Crippen LogP contribution in [0.2, 0.25) is 0 Å². The van der Waals surface area contributed by atoms with Gasteiger partial charge in [0.25, 0.3) is 0 Å². The minimum Gasteiger partial charge on any atom is -0.489 e. The molecule has 2 heterocycles. The SMILES string of the molecule is c1ccc(COc2ccc3cc(C4=NC(C5CCCN5)ON4)ccc3c2)cc1. The Morgan fingerprint density at radius 1 is 1.00 bits per heavy atom. The molecule has 28 heavy (non-hydrogen) atoms. The number of ether oxygens (including phenoxy) is 1. The topological polar surface area (TPSA) is 54.9 Å². The standard InChI is InChI=1S/C23H23N3O2/c1-2-5-16(6-3-1)15-27-20-11-10-17-13-19(9-8-18(17)14-20)22-25-23(28-26-22)21-7-4-12-24-21/h1-3,5-6,8-11,13-14,21,23-24H,4,7,12,15H2,(H,25,26). The van der Waals surface area contributed by atoms with Crippen LogP contribution >= 0.6 is 0 Å². The van der Waals surface area contributed by atoms with Crippen molar-refractivity contribution in [2.45, 2.75) is 31.7 Å². The number of hydrogen-bond acceptors (Lipinski definition) is 5. The molecular weight excluding hydrogens is 350 g/mol. The number of hydroxylamine groups is 1. The maximum absolute atomic E-state index is 5.94. The first-order valence-corrected chi connectivity index (χ1v) is 9.79. The number of rotatable bonds is 5. The van der Waals surface area contributed by atoms with Crippen LogP contribution in [0.1, 0.15) is 24.0 Å². The lowest BCUT2D eigenvalue weighted by atomic mass is 10.1. The zero-order valence-electron chi connectivity index (χ0n) is 15.6. The Morgan fingerprint density at radius 2 is 1.86 bits per heavy atom. The summed E-state index contributed by atoms with van der Waals surface area (Å²) in [5.74, 6) is 1.67. The van der Waals surface area contributed by atoms with Crippen molar-refractivity contribution < 1.29 is 9.57 Å². The minimum atomic E-state index is -0.151. The lowest BCUT2D eigenvalue weighted by Crippen LogP contribution is -2.35. The van der Waals surface area contributed by atoms with Crippen LogP contribution in [0.3, 0.4) is 0 Å². The first-order chi connectivity index (χ1) is 13.8. The molecule has 3 aromatic carbocycles. The van der Waals surface area contributed by atoms with E-state index in [0.717, 1.165) is 46.5 Å². The molecule has 5 nitrogen and oxygen atoms in total. The van der Waals surface area contributed by atoms with Gasteiger partial charge in [-0.25, -0.2) is 15.3 Å². The summed E-state index contributed by atoms with van der Waals surface area (Å²) in [5.41, 5.74) is 5.19. The van der Waals surface area contributed by atoms with Crippen LogP contribution in [0.15, 0.2) is 71.7 Å². The van der Waals surface area contributed by atoms with Crippen molar-refractivity contribution in [3.8, 4) is 5.75 Å². The van der Waals surface area contributed by atoms with Crippen LogP contribution in [0.25, 0.3) is 10.8 Å². The summed E-state index contributed by atoms with van der Waals surface area (Å²) in [4.78, 5) is 10.4. The molecule has 2 aliphatic heterocycles. The van der Waals surface area contributed by atoms with Crippen LogP contribution < -0.4 is 15.5 Å². The molecule has 0 saturated carbocycles. The molecule has 2 unspecified atom stereocenters. The van der Waals surface area contributed by atoms with Gasteiger partial charge in [0.2, 0.25) is 0 Å². The summed E-state index contributed by atoms with van der Waals surface area (Å²) in [5, 5.41) is 5.74. The van der Waals surface area contributed by atoms with Crippen molar-refractivity contribution in [1.29, 1.82) is 0 Å². The highest BCUT2D eigenvalue weighted by Gasteiger charge is 2.29. The highest BCUT2D eigenvalue weighted by Crippen LogP contribution is 2.24. The van der Waals surface area contributed by atoms with E-state index < -0.39 is 0 Å². The largest absolute Gasteiger partial charge is 0.489 e. The normalized spacial score (nSPS) is 21.5. The highest BCUT2D eigenvalue weighted by molar-refractivity contribution is 6.02. The van der Waals surface area contributed by atoms with E-state index >= 15 is 0 Å². The van der Waals surface area contributed by atoms with E-state index in [4.69, 9.17) is 14.6 Å². The summed E-state index contributed by atoms with van der Waals surface area (Å²) >= 11 is 0. The smallest absolute Gasteiger partial charge is 0.192 e. The van der Waals surface area contributed by atoms with E-state index in [1.54, 1.807) is 0 Å². The number of amidine groups is 1. The molecule has 1 fully saturated rings. The van der Waals surface area contributed by atoms with Gasteiger partial charge in [-0.1, -0.05) is 48.5 Å². The molecule has 5 heteroatoms. The molecule has 3 aromatic rings. The number of benzene rings is 3. The number of nitrogens with zero attached hydrogens (tertiary/aromatic N) is 1. The van der Waals surface area contributed by atoms with Gasteiger partial charge in [-0.05, 0) is 53.9 Å². The Morgan fingerprint density at radius 3 is 2.71 bits per heavy atom. The third-order valence-electron chi connectivity index (χ3n) is 5.31. The van der Waals surface area contributed by atoms with Crippen LogP contribution in [0, 0.1) is 0 Å². The molecule has 142 valence electrons. The summed E-state index contributed by atoms with van der Waals surface area (Å²) < 4.78 is 5.94. The maximum atomic E-state index is 5.94. The Kier molecular flexibility index (Phi) is 4.69. The summed E-state index contributed by atoms with van der Waals surface area (Å²) in [6.45, 7) is 1.61.